The van der Waals surface area contributed by atoms with Crippen molar-refractivity contribution < 1.29 is 0 Å². The van der Waals surface area contributed by atoms with Crippen molar-refractivity contribution in [3.8, 4) is 6.07 Å². The molecule has 1 unspecified atom stereocenters. The van der Waals surface area contributed by atoms with E-state index in [4.69, 9.17) is 0 Å². The molecule has 1 saturated heterocycles. The van der Waals surface area contributed by atoms with Gasteiger partial charge in [0.2, 0.25) is 0 Å². The van der Waals surface area contributed by atoms with Gasteiger partial charge in [-0.3, -0.25) is 4.90 Å². The molecule has 1 aliphatic carbocycles. The van der Waals surface area contributed by atoms with E-state index in [0.29, 0.717) is 0 Å². The summed E-state index contributed by atoms with van der Waals surface area (Å²) in [6, 6.07) is 2.64. The molecule has 3 heteroatoms. The number of hydrogen-bond acceptors (Lipinski definition) is 3. The molecule has 1 saturated carbocycles. The van der Waals surface area contributed by atoms with Gasteiger partial charge in [-0.15, -0.1) is 0 Å². The van der Waals surface area contributed by atoms with Crippen molar-refractivity contribution in [2.45, 2.75) is 38.6 Å². The predicted molar refractivity (Wildman–Crippen MR) is 60.4 cm³/mol. The average molecular weight is 207 g/mol. The highest BCUT2D eigenvalue weighted by molar-refractivity contribution is 5.19. The van der Waals surface area contributed by atoms with Gasteiger partial charge in [0.1, 0.15) is 5.54 Å². The fourth-order valence-electron chi connectivity index (χ4n) is 3.24. The molecule has 0 amide bonds. The standard InChI is InChI=1S/C12H21N3/c1-11(2)4-3-5-12(11,10-13)15-8-6-14-7-9-15/h14H,3-9H2,1-2H3. The summed E-state index contributed by atoms with van der Waals surface area (Å²) in [5, 5.41) is 12.9. The molecular formula is C12H21N3. The molecule has 3 nitrogen and oxygen atoms in total. The van der Waals surface area contributed by atoms with E-state index in [1.54, 1.807) is 0 Å². The lowest BCUT2D eigenvalue weighted by Gasteiger charge is -2.46. The zero-order valence-electron chi connectivity index (χ0n) is 9.84. The number of piperazine rings is 1. The van der Waals surface area contributed by atoms with Crippen molar-refractivity contribution in [2.24, 2.45) is 5.41 Å². The molecule has 2 rings (SSSR count). The molecule has 1 N–H and O–H groups in total. The summed E-state index contributed by atoms with van der Waals surface area (Å²) in [6.45, 7) is 8.61. The number of nitriles is 1. The van der Waals surface area contributed by atoms with Crippen LogP contribution in [-0.2, 0) is 0 Å². The third-order valence-corrected chi connectivity index (χ3v) is 4.30. The van der Waals surface area contributed by atoms with Gasteiger partial charge < -0.3 is 5.32 Å². The number of rotatable bonds is 1. The summed E-state index contributed by atoms with van der Waals surface area (Å²) in [5.74, 6) is 0. The van der Waals surface area contributed by atoms with Gasteiger partial charge in [-0.25, -0.2) is 0 Å². The molecule has 1 heterocycles. The minimum absolute atomic E-state index is 0.152. The molecule has 0 radical (unpaired) electrons. The van der Waals surface area contributed by atoms with Gasteiger partial charge in [-0.1, -0.05) is 13.8 Å². The third kappa shape index (κ3) is 1.56. The zero-order chi connectivity index (χ0) is 10.9. The summed E-state index contributed by atoms with van der Waals surface area (Å²) in [6.07, 6.45) is 3.44. The molecule has 0 spiro atoms. The first-order valence-corrected chi connectivity index (χ1v) is 5.99. The summed E-state index contributed by atoms with van der Waals surface area (Å²) < 4.78 is 0. The Morgan fingerprint density at radius 2 is 1.87 bits per heavy atom. The van der Waals surface area contributed by atoms with E-state index < -0.39 is 0 Å². The lowest BCUT2D eigenvalue weighted by Crippen LogP contribution is -2.59. The first-order chi connectivity index (χ1) is 7.12. The van der Waals surface area contributed by atoms with Crippen LogP contribution in [0.2, 0.25) is 0 Å². The fourth-order valence-corrected chi connectivity index (χ4v) is 3.24. The first kappa shape index (κ1) is 10.9. The van der Waals surface area contributed by atoms with Gasteiger partial charge in [-0.05, 0) is 24.7 Å². The molecule has 2 fully saturated rings. The second-order valence-corrected chi connectivity index (χ2v) is 5.45. The quantitative estimate of drug-likeness (QED) is 0.705. The molecule has 15 heavy (non-hydrogen) atoms. The average Bonchev–Trinajstić information content (AvgIpc) is 2.55. The van der Waals surface area contributed by atoms with E-state index in [0.717, 1.165) is 32.6 Å². The molecule has 1 aliphatic heterocycles. The van der Waals surface area contributed by atoms with Crippen molar-refractivity contribution in [3.63, 3.8) is 0 Å². The summed E-state index contributed by atoms with van der Waals surface area (Å²) in [5.41, 5.74) is -0.0474. The van der Waals surface area contributed by atoms with Crippen LogP contribution in [0.5, 0.6) is 0 Å². The van der Waals surface area contributed by atoms with Crippen LogP contribution in [0.25, 0.3) is 0 Å². The van der Waals surface area contributed by atoms with E-state index in [2.05, 4.69) is 30.1 Å². The van der Waals surface area contributed by atoms with Crippen molar-refractivity contribution in [1.82, 2.24) is 10.2 Å². The SMILES string of the molecule is CC1(C)CCCC1(C#N)N1CCNCC1. The monoisotopic (exact) mass is 207 g/mol. The highest BCUT2D eigenvalue weighted by Gasteiger charge is 2.53. The van der Waals surface area contributed by atoms with Crippen LogP contribution in [0.4, 0.5) is 0 Å². The topological polar surface area (TPSA) is 39.1 Å². The second kappa shape index (κ2) is 3.77. The normalized spacial score (nSPS) is 36.3. The Hall–Kier alpha value is -0.590. The largest absolute Gasteiger partial charge is 0.314 e. The molecule has 2 aliphatic rings. The highest BCUT2D eigenvalue weighted by atomic mass is 15.3. The molecule has 84 valence electrons. The van der Waals surface area contributed by atoms with Crippen molar-refractivity contribution in [3.05, 3.63) is 0 Å². The van der Waals surface area contributed by atoms with E-state index in [1.807, 2.05) is 0 Å². The predicted octanol–water partition coefficient (Wildman–Crippen LogP) is 1.36. The Bertz CT molecular complexity index is 273. The van der Waals surface area contributed by atoms with E-state index >= 15 is 0 Å². The third-order valence-electron chi connectivity index (χ3n) is 4.30. The molecule has 0 aromatic heterocycles. The minimum Gasteiger partial charge on any atom is -0.314 e. The molecular weight excluding hydrogens is 186 g/mol. The van der Waals surface area contributed by atoms with Crippen LogP contribution in [0.1, 0.15) is 33.1 Å². The number of hydrogen-bond donors (Lipinski definition) is 1. The molecule has 0 aromatic carbocycles. The molecule has 1 atom stereocenters. The number of nitrogens with one attached hydrogen (secondary N) is 1. The summed E-state index contributed by atoms with van der Waals surface area (Å²) in [4.78, 5) is 2.41. The maximum absolute atomic E-state index is 9.59. The minimum atomic E-state index is -0.199. The van der Waals surface area contributed by atoms with Crippen LogP contribution in [0.15, 0.2) is 0 Å². The Labute approximate surface area is 92.4 Å². The lowest BCUT2D eigenvalue weighted by atomic mass is 9.74. The highest BCUT2D eigenvalue weighted by Crippen LogP contribution is 2.49. The number of nitrogens with zero attached hydrogens (tertiary/aromatic N) is 2. The summed E-state index contributed by atoms with van der Waals surface area (Å²) in [7, 11) is 0. The summed E-state index contributed by atoms with van der Waals surface area (Å²) >= 11 is 0. The van der Waals surface area contributed by atoms with Crippen LogP contribution in [-0.4, -0.2) is 36.6 Å². The van der Waals surface area contributed by atoms with Crippen molar-refractivity contribution in [2.75, 3.05) is 26.2 Å². The van der Waals surface area contributed by atoms with E-state index in [9.17, 15) is 5.26 Å². The Balaban J connectivity index is 2.24. The van der Waals surface area contributed by atoms with Gasteiger partial charge >= 0.3 is 0 Å². The Kier molecular flexibility index (Phi) is 2.74. The van der Waals surface area contributed by atoms with Crippen LogP contribution in [0.3, 0.4) is 0 Å². The van der Waals surface area contributed by atoms with Crippen LogP contribution >= 0.6 is 0 Å². The van der Waals surface area contributed by atoms with Crippen LogP contribution < -0.4 is 5.32 Å². The maximum Gasteiger partial charge on any atom is 0.114 e. The van der Waals surface area contributed by atoms with Crippen molar-refractivity contribution >= 4 is 0 Å². The second-order valence-electron chi connectivity index (χ2n) is 5.45. The van der Waals surface area contributed by atoms with E-state index in [1.165, 1.54) is 12.8 Å². The Morgan fingerprint density at radius 3 is 2.33 bits per heavy atom. The van der Waals surface area contributed by atoms with Crippen LogP contribution in [0, 0.1) is 16.7 Å². The molecule has 0 aromatic rings. The first-order valence-electron chi connectivity index (χ1n) is 5.99. The molecule has 0 bridgehead atoms. The van der Waals surface area contributed by atoms with Gasteiger partial charge in [0, 0.05) is 26.2 Å². The fraction of sp³-hybridized carbons (Fsp3) is 0.917. The maximum atomic E-state index is 9.59. The smallest absolute Gasteiger partial charge is 0.114 e. The van der Waals surface area contributed by atoms with Gasteiger partial charge in [0.15, 0.2) is 0 Å². The lowest BCUT2D eigenvalue weighted by molar-refractivity contribution is 0.0428. The zero-order valence-corrected chi connectivity index (χ0v) is 9.84. The van der Waals surface area contributed by atoms with Gasteiger partial charge in [0.25, 0.3) is 0 Å². The van der Waals surface area contributed by atoms with Crippen molar-refractivity contribution in [1.29, 1.82) is 5.26 Å². The van der Waals surface area contributed by atoms with Gasteiger partial charge in [-0.2, -0.15) is 5.26 Å². The van der Waals surface area contributed by atoms with Gasteiger partial charge in [0.05, 0.1) is 6.07 Å². The van der Waals surface area contributed by atoms with E-state index in [-0.39, 0.29) is 11.0 Å². The Morgan fingerprint density at radius 1 is 1.20 bits per heavy atom.